The highest BCUT2D eigenvalue weighted by molar-refractivity contribution is 5.83. The summed E-state index contributed by atoms with van der Waals surface area (Å²) in [7, 11) is 1.33. The van der Waals surface area contributed by atoms with Gasteiger partial charge in [-0.15, -0.1) is 0 Å². The van der Waals surface area contributed by atoms with Gasteiger partial charge in [-0.1, -0.05) is 19.1 Å². The fourth-order valence-corrected chi connectivity index (χ4v) is 2.57. The maximum atomic E-state index is 12.2. The van der Waals surface area contributed by atoms with E-state index in [9.17, 15) is 4.79 Å². The molecule has 0 bridgehead atoms. The van der Waals surface area contributed by atoms with Crippen molar-refractivity contribution in [3.8, 4) is 6.07 Å². The van der Waals surface area contributed by atoms with Crippen LogP contribution in [0, 0.1) is 11.3 Å². The molecule has 1 aromatic heterocycles. The van der Waals surface area contributed by atoms with Crippen LogP contribution in [-0.2, 0) is 16.0 Å². The predicted molar refractivity (Wildman–Crippen MR) is 92.9 cm³/mol. The molecular weight excluding hydrogens is 318 g/mol. The third-order valence-corrected chi connectivity index (χ3v) is 3.83. The molecule has 1 atom stereocenters. The van der Waals surface area contributed by atoms with E-state index in [0.717, 1.165) is 5.52 Å². The number of esters is 1. The summed E-state index contributed by atoms with van der Waals surface area (Å²) in [5, 5.41) is 12.2. The van der Waals surface area contributed by atoms with Crippen LogP contribution in [0.5, 0.6) is 0 Å². The van der Waals surface area contributed by atoms with Gasteiger partial charge in [-0.25, -0.2) is 9.78 Å². The molecule has 0 aliphatic rings. The van der Waals surface area contributed by atoms with Gasteiger partial charge in [0.15, 0.2) is 17.5 Å². The van der Waals surface area contributed by atoms with Crippen LogP contribution in [0.4, 0.5) is 5.69 Å². The molecule has 6 nitrogen and oxygen atoms in total. The molecule has 0 radical (unpaired) electrons. The third-order valence-electron chi connectivity index (χ3n) is 3.83. The van der Waals surface area contributed by atoms with Gasteiger partial charge >= 0.3 is 5.97 Å². The molecule has 0 amide bonds. The summed E-state index contributed by atoms with van der Waals surface area (Å²) in [6.07, 6.45) is 0.711. The molecule has 0 fully saturated rings. The second kappa shape index (κ2) is 7.05. The maximum Gasteiger partial charge on any atom is 0.332 e. The van der Waals surface area contributed by atoms with Crippen molar-refractivity contribution in [2.75, 3.05) is 12.4 Å². The van der Waals surface area contributed by atoms with E-state index in [4.69, 9.17) is 14.4 Å². The Morgan fingerprint density at radius 1 is 1.36 bits per heavy atom. The second-order valence-electron chi connectivity index (χ2n) is 5.48. The number of ether oxygens (including phenoxy) is 1. The molecule has 3 rings (SSSR count). The number of hydrogen-bond donors (Lipinski definition) is 1. The van der Waals surface area contributed by atoms with E-state index in [1.807, 2.05) is 25.1 Å². The quantitative estimate of drug-likeness (QED) is 0.717. The fourth-order valence-electron chi connectivity index (χ4n) is 2.57. The first-order chi connectivity index (χ1) is 12.1. The monoisotopic (exact) mass is 335 g/mol. The number of methoxy groups -OCH3 is 1. The zero-order valence-corrected chi connectivity index (χ0v) is 13.9. The molecule has 1 N–H and O–H groups in total. The number of aromatic nitrogens is 1. The lowest BCUT2D eigenvalue weighted by atomic mass is 10.0. The number of fused-ring (bicyclic) bond motifs is 1. The Hall–Kier alpha value is -3.33. The van der Waals surface area contributed by atoms with Crippen molar-refractivity contribution in [2.24, 2.45) is 0 Å². The number of hydrogen-bond acceptors (Lipinski definition) is 6. The minimum atomic E-state index is -0.728. The number of anilines is 1. The molecule has 126 valence electrons. The molecule has 3 aromatic rings. The lowest BCUT2D eigenvalue weighted by Gasteiger charge is -2.18. The first-order valence-corrected chi connectivity index (χ1v) is 7.88. The molecular formula is C19H17N3O3. The van der Waals surface area contributed by atoms with Crippen LogP contribution in [0.3, 0.4) is 0 Å². The summed E-state index contributed by atoms with van der Waals surface area (Å²) in [6, 6.07) is 13.7. The predicted octanol–water partition coefficient (Wildman–Crippen LogP) is 3.59. The van der Waals surface area contributed by atoms with Gasteiger partial charge in [0, 0.05) is 12.1 Å². The molecule has 0 saturated heterocycles. The summed E-state index contributed by atoms with van der Waals surface area (Å²) in [5.74, 6) is 0.225. The first-order valence-electron chi connectivity index (χ1n) is 7.88. The number of aryl methyl sites for hydroxylation is 1. The van der Waals surface area contributed by atoms with E-state index in [-0.39, 0.29) is 0 Å². The number of nitriles is 1. The SMILES string of the molecule is CCc1nc2cc(N[C@@H](C(=O)OC)c3cccc(C#N)c3)ccc2o1. The Kier molecular flexibility index (Phi) is 4.66. The van der Waals surface area contributed by atoms with Gasteiger partial charge in [0.25, 0.3) is 0 Å². The second-order valence-corrected chi connectivity index (χ2v) is 5.48. The molecule has 0 saturated carbocycles. The van der Waals surface area contributed by atoms with Crippen molar-refractivity contribution in [1.82, 2.24) is 4.98 Å². The summed E-state index contributed by atoms with van der Waals surface area (Å²) in [6.45, 7) is 1.97. The number of rotatable bonds is 5. The molecule has 0 unspecified atom stereocenters. The van der Waals surface area contributed by atoms with E-state index < -0.39 is 12.0 Å². The van der Waals surface area contributed by atoms with Gasteiger partial charge in [-0.05, 0) is 35.9 Å². The molecule has 0 aliphatic carbocycles. The normalized spacial score (nSPS) is 11.7. The highest BCUT2D eigenvalue weighted by Crippen LogP contribution is 2.25. The van der Waals surface area contributed by atoms with Gasteiger partial charge in [0.2, 0.25) is 0 Å². The fraction of sp³-hybridized carbons (Fsp3) is 0.211. The van der Waals surface area contributed by atoms with Crippen molar-refractivity contribution in [1.29, 1.82) is 5.26 Å². The number of oxazole rings is 1. The summed E-state index contributed by atoms with van der Waals surface area (Å²) >= 11 is 0. The van der Waals surface area contributed by atoms with Crippen molar-refractivity contribution >= 4 is 22.8 Å². The van der Waals surface area contributed by atoms with E-state index in [1.54, 1.807) is 24.3 Å². The highest BCUT2D eigenvalue weighted by Gasteiger charge is 2.22. The minimum absolute atomic E-state index is 0.440. The molecule has 6 heteroatoms. The minimum Gasteiger partial charge on any atom is -0.467 e. The summed E-state index contributed by atoms with van der Waals surface area (Å²) in [4.78, 5) is 16.6. The van der Waals surface area contributed by atoms with Gasteiger partial charge in [0.05, 0.1) is 18.7 Å². The van der Waals surface area contributed by atoms with Crippen molar-refractivity contribution in [3.05, 3.63) is 59.5 Å². The van der Waals surface area contributed by atoms with Crippen LogP contribution in [0.15, 0.2) is 46.9 Å². The average molecular weight is 335 g/mol. The van der Waals surface area contributed by atoms with E-state index in [0.29, 0.717) is 34.7 Å². The van der Waals surface area contributed by atoms with E-state index in [2.05, 4.69) is 16.4 Å². The Morgan fingerprint density at radius 3 is 2.92 bits per heavy atom. The number of benzene rings is 2. The van der Waals surface area contributed by atoms with Gasteiger partial charge in [0.1, 0.15) is 5.52 Å². The lowest BCUT2D eigenvalue weighted by Crippen LogP contribution is -2.22. The van der Waals surface area contributed by atoms with Crippen LogP contribution < -0.4 is 5.32 Å². The topological polar surface area (TPSA) is 88.1 Å². The van der Waals surface area contributed by atoms with Crippen LogP contribution in [0.1, 0.15) is 30.0 Å². The molecule has 0 spiro atoms. The van der Waals surface area contributed by atoms with Crippen LogP contribution in [0.2, 0.25) is 0 Å². The number of nitrogens with one attached hydrogen (secondary N) is 1. The Labute approximate surface area is 145 Å². The zero-order chi connectivity index (χ0) is 17.8. The lowest BCUT2D eigenvalue weighted by molar-refractivity contribution is -0.141. The third kappa shape index (κ3) is 3.45. The zero-order valence-electron chi connectivity index (χ0n) is 13.9. The summed E-state index contributed by atoms with van der Waals surface area (Å²) < 4.78 is 10.5. The Bertz CT molecular complexity index is 956. The smallest absolute Gasteiger partial charge is 0.332 e. The highest BCUT2D eigenvalue weighted by atomic mass is 16.5. The standard InChI is InChI=1S/C19H17N3O3/c1-3-17-22-15-10-14(7-8-16(15)25-17)21-18(19(23)24-2)13-6-4-5-12(9-13)11-20/h4-10,18,21H,3H2,1-2H3/t18-/m1/s1. The summed E-state index contributed by atoms with van der Waals surface area (Å²) in [5.41, 5.74) is 3.26. The van der Waals surface area contributed by atoms with E-state index >= 15 is 0 Å². The Morgan fingerprint density at radius 2 is 2.20 bits per heavy atom. The first kappa shape index (κ1) is 16.5. The molecule has 2 aromatic carbocycles. The molecule has 25 heavy (non-hydrogen) atoms. The Balaban J connectivity index is 1.95. The van der Waals surface area contributed by atoms with Crippen LogP contribution in [0.25, 0.3) is 11.1 Å². The van der Waals surface area contributed by atoms with E-state index in [1.165, 1.54) is 7.11 Å². The van der Waals surface area contributed by atoms with Crippen molar-refractivity contribution in [3.63, 3.8) is 0 Å². The average Bonchev–Trinajstić information content (AvgIpc) is 3.08. The largest absolute Gasteiger partial charge is 0.467 e. The van der Waals surface area contributed by atoms with Gasteiger partial charge in [-0.3, -0.25) is 0 Å². The van der Waals surface area contributed by atoms with Crippen molar-refractivity contribution < 1.29 is 13.9 Å². The maximum absolute atomic E-state index is 12.2. The van der Waals surface area contributed by atoms with Crippen molar-refractivity contribution in [2.45, 2.75) is 19.4 Å². The van der Waals surface area contributed by atoms with Crippen LogP contribution in [-0.4, -0.2) is 18.1 Å². The number of carbonyl (C=O) groups is 1. The number of carbonyl (C=O) groups excluding carboxylic acids is 1. The molecule has 0 aliphatic heterocycles. The molecule has 1 heterocycles. The van der Waals surface area contributed by atoms with Gasteiger partial charge < -0.3 is 14.5 Å². The van der Waals surface area contributed by atoms with Crippen LogP contribution >= 0.6 is 0 Å². The van der Waals surface area contributed by atoms with Gasteiger partial charge in [-0.2, -0.15) is 5.26 Å². The number of nitrogens with zero attached hydrogens (tertiary/aromatic N) is 2.